The van der Waals surface area contributed by atoms with E-state index in [4.69, 9.17) is 0 Å². The van der Waals surface area contributed by atoms with Crippen LogP contribution in [0, 0.1) is 6.92 Å². The van der Waals surface area contributed by atoms with Crippen molar-refractivity contribution in [3.8, 4) is 0 Å². The second-order valence-electron chi connectivity index (χ2n) is 1.88. The lowest BCUT2D eigenvalue weighted by molar-refractivity contribution is -0.262. The molecule has 0 bridgehead atoms. The highest BCUT2D eigenvalue weighted by atomic mass is 19.3. The Kier molecular flexibility index (Phi) is 2.79. The molecule has 11 heavy (non-hydrogen) atoms. The summed E-state index contributed by atoms with van der Waals surface area (Å²) in [4.78, 5) is 0. The lowest BCUT2D eigenvalue weighted by atomic mass is 10.1. The van der Waals surface area contributed by atoms with Gasteiger partial charge in [0.25, 0.3) is 0 Å². The summed E-state index contributed by atoms with van der Waals surface area (Å²) < 4.78 is 69.8. The number of alkyl halides is 6. The Morgan fingerprint density at radius 2 is 1.45 bits per heavy atom. The molecule has 0 spiro atoms. The zero-order chi connectivity index (χ0) is 9.28. The Morgan fingerprint density at radius 1 is 1.09 bits per heavy atom. The Morgan fingerprint density at radius 3 is 1.55 bits per heavy atom. The normalized spacial score (nSPS) is 14.2. The van der Waals surface area contributed by atoms with E-state index in [2.05, 4.69) is 6.92 Å². The molecule has 0 aliphatic rings. The lowest BCUT2D eigenvalue weighted by Gasteiger charge is -2.24. The smallest absolute Gasteiger partial charge is 0.203 e. The number of hydrogen-bond acceptors (Lipinski definition) is 0. The van der Waals surface area contributed by atoms with E-state index in [0.717, 1.165) is 0 Å². The summed E-state index contributed by atoms with van der Waals surface area (Å²) in [6.45, 7) is 2.44. The zero-order valence-corrected chi connectivity index (χ0v) is 5.26. The topological polar surface area (TPSA) is 0 Å². The van der Waals surface area contributed by atoms with Crippen LogP contribution in [-0.4, -0.2) is 18.3 Å². The summed E-state index contributed by atoms with van der Waals surface area (Å²) in [6.07, 6.45) is -5.91. The van der Waals surface area contributed by atoms with Crippen LogP contribution in [0.2, 0.25) is 0 Å². The maximum absolute atomic E-state index is 11.9. The van der Waals surface area contributed by atoms with Crippen LogP contribution in [0.4, 0.5) is 26.3 Å². The Labute approximate surface area is 59.2 Å². The van der Waals surface area contributed by atoms with Crippen molar-refractivity contribution >= 4 is 0 Å². The van der Waals surface area contributed by atoms with Crippen LogP contribution >= 0.6 is 0 Å². The maximum Gasteiger partial charge on any atom is 0.369 e. The Bertz CT molecular complexity index is 129. The molecule has 0 aromatic carbocycles. The molecule has 6 heteroatoms. The Hall–Kier alpha value is -0.420. The first-order valence-electron chi connectivity index (χ1n) is 2.58. The molecule has 0 rings (SSSR count). The third kappa shape index (κ3) is 1.78. The molecular weight excluding hydrogens is 174 g/mol. The summed E-state index contributed by atoms with van der Waals surface area (Å²) in [5.41, 5.74) is 0. The molecule has 0 saturated carbocycles. The second-order valence-corrected chi connectivity index (χ2v) is 1.88. The first kappa shape index (κ1) is 10.6. The van der Waals surface area contributed by atoms with Crippen molar-refractivity contribution in [3.05, 3.63) is 6.92 Å². The highest BCUT2D eigenvalue weighted by Gasteiger charge is 2.61. The van der Waals surface area contributed by atoms with Crippen LogP contribution < -0.4 is 0 Å². The average Bonchev–Trinajstić information content (AvgIpc) is 1.87. The summed E-state index contributed by atoms with van der Waals surface area (Å²) in [5.74, 6) is -10.0. The van der Waals surface area contributed by atoms with Crippen LogP contribution in [0.15, 0.2) is 0 Å². The van der Waals surface area contributed by atoms with Gasteiger partial charge in [-0.2, -0.15) is 17.6 Å². The van der Waals surface area contributed by atoms with Crippen molar-refractivity contribution in [2.24, 2.45) is 0 Å². The van der Waals surface area contributed by atoms with Gasteiger partial charge in [-0.25, -0.2) is 8.78 Å². The van der Waals surface area contributed by atoms with Crippen LogP contribution in [0.3, 0.4) is 0 Å². The van der Waals surface area contributed by atoms with Gasteiger partial charge in [0, 0.05) is 6.42 Å². The van der Waals surface area contributed by atoms with Crippen molar-refractivity contribution in [1.82, 2.24) is 0 Å². The van der Waals surface area contributed by atoms with E-state index >= 15 is 0 Å². The lowest BCUT2D eigenvalue weighted by Crippen LogP contribution is -2.45. The molecule has 0 aromatic heterocycles. The van der Waals surface area contributed by atoms with Crippen molar-refractivity contribution in [3.63, 3.8) is 0 Å². The first-order valence-corrected chi connectivity index (χ1v) is 2.58. The molecule has 67 valence electrons. The van der Waals surface area contributed by atoms with E-state index in [1.165, 1.54) is 0 Å². The van der Waals surface area contributed by atoms with Crippen molar-refractivity contribution in [1.29, 1.82) is 0 Å². The van der Waals surface area contributed by atoms with E-state index in [9.17, 15) is 26.3 Å². The van der Waals surface area contributed by atoms with Gasteiger partial charge in [0.15, 0.2) is 0 Å². The van der Waals surface area contributed by atoms with Crippen molar-refractivity contribution in [2.45, 2.75) is 24.7 Å². The van der Waals surface area contributed by atoms with Gasteiger partial charge in [0.1, 0.15) is 0 Å². The van der Waals surface area contributed by atoms with Gasteiger partial charge < -0.3 is 0 Å². The van der Waals surface area contributed by atoms with Gasteiger partial charge in [-0.05, 0) is 6.92 Å². The van der Waals surface area contributed by atoms with E-state index in [-0.39, 0.29) is 0 Å². The third-order valence-corrected chi connectivity index (χ3v) is 1.08. The number of halogens is 6. The fourth-order valence-electron chi connectivity index (χ4n) is 0.326. The summed E-state index contributed by atoms with van der Waals surface area (Å²) >= 11 is 0. The summed E-state index contributed by atoms with van der Waals surface area (Å²) in [7, 11) is 0. The molecule has 0 N–H and O–H groups in total. The second kappa shape index (κ2) is 2.91. The van der Waals surface area contributed by atoms with Crippen LogP contribution in [0.5, 0.6) is 0 Å². The fourth-order valence-corrected chi connectivity index (χ4v) is 0.326. The number of rotatable bonds is 3. The third-order valence-electron chi connectivity index (χ3n) is 1.08. The molecule has 0 aromatic rings. The molecule has 0 nitrogen and oxygen atoms in total. The molecule has 0 aliphatic heterocycles. The minimum atomic E-state index is -5.28. The first-order chi connectivity index (χ1) is 4.75. The van der Waals surface area contributed by atoms with Gasteiger partial charge in [-0.15, -0.1) is 0 Å². The SMILES string of the molecule is [CH2]CC(F)(F)C(F)(F)C(F)F. The fraction of sp³-hybridized carbons (Fsp3) is 0.800. The van der Waals surface area contributed by atoms with Gasteiger partial charge in [-0.3, -0.25) is 0 Å². The molecular formula is C5H5F6. The highest BCUT2D eigenvalue weighted by Crippen LogP contribution is 2.40. The molecule has 0 unspecified atom stereocenters. The summed E-state index contributed by atoms with van der Waals surface area (Å²) in [6, 6.07) is 0. The molecule has 0 aliphatic carbocycles. The predicted octanol–water partition coefficient (Wildman–Crippen LogP) is 2.75. The van der Waals surface area contributed by atoms with E-state index in [0.29, 0.717) is 0 Å². The van der Waals surface area contributed by atoms with E-state index in [1.54, 1.807) is 0 Å². The highest BCUT2D eigenvalue weighted by molar-refractivity contribution is 4.87. The monoisotopic (exact) mass is 179 g/mol. The minimum absolute atomic E-state index is 1.55. The molecule has 0 amide bonds. The van der Waals surface area contributed by atoms with Crippen LogP contribution in [-0.2, 0) is 0 Å². The van der Waals surface area contributed by atoms with Gasteiger partial charge in [0.2, 0.25) is 0 Å². The standard InChI is InChI=1S/C5H5F6/c1-2-4(8,9)5(10,11)3(6)7/h3H,1-2H2. The largest absolute Gasteiger partial charge is 0.369 e. The summed E-state index contributed by atoms with van der Waals surface area (Å²) in [5, 5.41) is 0. The van der Waals surface area contributed by atoms with Crippen LogP contribution in [0.25, 0.3) is 0 Å². The van der Waals surface area contributed by atoms with Gasteiger partial charge >= 0.3 is 18.3 Å². The van der Waals surface area contributed by atoms with Crippen LogP contribution in [0.1, 0.15) is 6.42 Å². The van der Waals surface area contributed by atoms with E-state index in [1.807, 2.05) is 0 Å². The van der Waals surface area contributed by atoms with E-state index < -0.39 is 24.7 Å². The zero-order valence-electron chi connectivity index (χ0n) is 5.26. The molecule has 0 atom stereocenters. The molecule has 1 radical (unpaired) electrons. The quantitative estimate of drug-likeness (QED) is 0.584. The predicted molar refractivity (Wildman–Crippen MR) is 25.9 cm³/mol. The molecule has 0 fully saturated rings. The van der Waals surface area contributed by atoms with Gasteiger partial charge in [0.05, 0.1) is 0 Å². The Balaban J connectivity index is 4.53. The molecule has 0 heterocycles. The van der Waals surface area contributed by atoms with Crippen molar-refractivity contribution < 1.29 is 26.3 Å². The molecule has 0 saturated heterocycles. The average molecular weight is 179 g/mol. The van der Waals surface area contributed by atoms with Gasteiger partial charge in [-0.1, -0.05) is 0 Å². The maximum atomic E-state index is 11.9. The minimum Gasteiger partial charge on any atom is -0.203 e. The number of hydrogen-bond donors (Lipinski definition) is 0. The van der Waals surface area contributed by atoms with Crippen molar-refractivity contribution in [2.75, 3.05) is 0 Å².